The number of epoxide rings is 1. The van der Waals surface area contributed by atoms with Crippen LogP contribution in [0.3, 0.4) is 0 Å². The van der Waals surface area contributed by atoms with Crippen molar-refractivity contribution in [2.75, 3.05) is 27.2 Å². The molecule has 0 aromatic carbocycles. The van der Waals surface area contributed by atoms with Gasteiger partial charge in [-0.15, -0.1) is 0 Å². The lowest BCUT2D eigenvalue weighted by molar-refractivity contribution is 0.363. The molecule has 2 rings (SSSR count). The van der Waals surface area contributed by atoms with E-state index < -0.39 is 0 Å². The Morgan fingerprint density at radius 2 is 2.40 bits per heavy atom. The quantitative estimate of drug-likeness (QED) is 0.708. The minimum absolute atomic E-state index is 0.359. The molecule has 15 heavy (non-hydrogen) atoms. The zero-order valence-electron chi connectivity index (χ0n) is 9.11. The molecule has 0 spiro atoms. The lowest BCUT2D eigenvalue weighted by atomic mass is 10.2. The molecule has 0 aliphatic carbocycles. The monoisotopic (exact) mass is 229 g/mol. The molecule has 0 saturated carbocycles. The highest BCUT2D eigenvalue weighted by Gasteiger charge is 2.25. The van der Waals surface area contributed by atoms with Crippen molar-refractivity contribution < 1.29 is 4.74 Å². The zero-order valence-corrected chi connectivity index (χ0v) is 9.87. The van der Waals surface area contributed by atoms with Crippen LogP contribution in [0.2, 0.25) is 5.02 Å². The molecule has 1 aliphatic rings. The van der Waals surface area contributed by atoms with Gasteiger partial charge in [0.05, 0.1) is 36.2 Å². The van der Waals surface area contributed by atoms with Crippen LogP contribution in [0.5, 0.6) is 0 Å². The van der Waals surface area contributed by atoms with Crippen LogP contribution >= 0.6 is 11.6 Å². The predicted molar refractivity (Wildman–Crippen MR) is 59.2 cm³/mol. The Labute approximate surface area is 94.8 Å². The summed E-state index contributed by atoms with van der Waals surface area (Å²) in [5.41, 5.74) is 1.10. The third kappa shape index (κ3) is 2.93. The van der Waals surface area contributed by atoms with Gasteiger partial charge >= 0.3 is 0 Å². The largest absolute Gasteiger partial charge is 0.373 e. The Kier molecular flexibility index (Phi) is 3.29. The Bertz CT molecular complexity index is 333. The van der Waals surface area contributed by atoms with E-state index in [1.165, 1.54) is 0 Å². The summed E-state index contributed by atoms with van der Waals surface area (Å²) in [5.74, 6) is 0. The molecule has 1 aromatic heterocycles. The summed E-state index contributed by atoms with van der Waals surface area (Å²) in [6.07, 6.45) is 2.96. The highest BCUT2D eigenvalue weighted by Crippen LogP contribution is 2.22. The fourth-order valence-corrected chi connectivity index (χ4v) is 1.70. The minimum atomic E-state index is 0.359. The van der Waals surface area contributed by atoms with Crippen LogP contribution in [-0.2, 0) is 17.7 Å². The molecule has 2 heterocycles. The average Bonchev–Trinajstić information content (AvgIpc) is 2.92. The first-order valence-electron chi connectivity index (χ1n) is 5.13. The first-order chi connectivity index (χ1) is 7.16. The number of nitrogens with zero attached hydrogens (tertiary/aromatic N) is 3. The Morgan fingerprint density at radius 3 is 3.00 bits per heavy atom. The number of rotatable bonds is 5. The Morgan fingerprint density at radius 1 is 1.67 bits per heavy atom. The van der Waals surface area contributed by atoms with Crippen molar-refractivity contribution in [2.45, 2.75) is 19.1 Å². The smallest absolute Gasteiger partial charge is 0.0865 e. The third-order valence-corrected chi connectivity index (χ3v) is 2.80. The van der Waals surface area contributed by atoms with Crippen LogP contribution in [0.1, 0.15) is 5.69 Å². The second kappa shape index (κ2) is 4.51. The van der Waals surface area contributed by atoms with Gasteiger partial charge in [-0.25, -0.2) is 0 Å². The van der Waals surface area contributed by atoms with Gasteiger partial charge < -0.3 is 9.64 Å². The lowest BCUT2D eigenvalue weighted by Crippen LogP contribution is -2.20. The topological polar surface area (TPSA) is 33.6 Å². The van der Waals surface area contributed by atoms with Gasteiger partial charge in [0, 0.05) is 13.0 Å². The van der Waals surface area contributed by atoms with Crippen LogP contribution in [-0.4, -0.2) is 48.0 Å². The molecule has 0 amide bonds. The van der Waals surface area contributed by atoms with E-state index in [0.717, 1.165) is 36.8 Å². The van der Waals surface area contributed by atoms with Gasteiger partial charge in [-0.1, -0.05) is 11.6 Å². The molecular weight excluding hydrogens is 214 g/mol. The standard InChI is InChI=1S/C10H16ClN3O/c1-13(2)3-4-14-10(5-8-7-15-8)9(11)6-12-14/h6,8H,3-5,7H2,1-2H3. The van der Waals surface area contributed by atoms with Gasteiger partial charge in [-0.05, 0) is 14.1 Å². The maximum Gasteiger partial charge on any atom is 0.0865 e. The molecule has 1 saturated heterocycles. The fourth-order valence-electron chi connectivity index (χ4n) is 1.48. The van der Waals surface area contributed by atoms with Gasteiger partial charge in [-0.3, -0.25) is 4.68 Å². The normalized spacial score (nSPS) is 19.9. The average molecular weight is 230 g/mol. The van der Waals surface area contributed by atoms with E-state index in [9.17, 15) is 0 Å². The van der Waals surface area contributed by atoms with Gasteiger partial charge in [0.2, 0.25) is 0 Å². The van der Waals surface area contributed by atoms with Crippen molar-refractivity contribution in [3.8, 4) is 0 Å². The molecule has 0 radical (unpaired) electrons. The van der Waals surface area contributed by atoms with Crippen LogP contribution in [0, 0.1) is 0 Å². The Hall–Kier alpha value is -0.580. The van der Waals surface area contributed by atoms with Gasteiger partial charge in [0.15, 0.2) is 0 Å². The first-order valence-corrected chi connectivity index (χ1v) is 5.51. The second-order valence-electron chi connectivity index (χ2n) is 4.13. The van der Waals surface area contributed by atoms with E-state index in [4.69, 9.17) is 16.3 Å². The van der Waals surface area contributed by atoms with E-state index in [-0.39, 0.29) is 0 Å². The van der Waals surface area contributed by atoms with E-state index in [0.29, 0.717) is 6.10 Å². The first kappa shape index (κ1) is 10.9. The van der Waals surface area contributed by atoms with Crippen molar-refractivity contribution in [3.05, 3.63) is 16.9 Å². The molecular formula is C10H16ClN3O. The molecule has 0 bridgehead atoms. The highest BCUT2D eigenvalue weighted by molar-refractivity contribution is 6.31. The summed E-state index contributed by atoms with van der Waals surface area (Å²) in [7, 11) is 4.10. The molecule has 1 atom stereocenters. The lowest BCUT2D eigenvalue weighted by Gasteiger charge is -2.11. The van der Waals surface area contributed by atoms with E-state index in [2.05, 4.69) is 24.1 Å². The van der Waals surface area contributed by atoms with Crippen LogP contribution in [0.4, 0.5) is 0 Å². The predicted octanol–water partition coefficient (Wildman–Crippen LogP) is 1.04. The number of aromatic nitrogens is 2. The van der Waals surface area contributed by atoms with Crippen molar-refractivity contribution in [1.82, 2.24) is 14.7 Å². The van der Waals surface area contributed by atoms with Crippen LogP contribution in [0.15, 0.2) is 6.20 Å². The molecule has 5 heteroatoms. The summed E-state index contributed by atoms with van der Waals surface area (Å²) in [4.78, 5) is 2.13. The fraction of sp³-hybridized carbons (Fsp3) is 0.700. The summed E-state index contributed by atoms with van der Waals surface area (Å²) in [5, 5.41) is 5.02. The molecule has 0 N–H and O–H groups in total. The molecule has 1 aliphatic heterocycles. The summed E-state index contributed by atoms with van der Waals surface area (Å²) >= 11 is 6.08. The Balaban J connectivity index is 2.01. The van der Waals surface area contributed by atoms with Gasteiger partial charge in [0.25, 0.3) is 0 Å². The minimum Gasteiger partial charge on any atom is -0.373 e. The summed E-state index contributed by atoms with van der Waals surface area (Å²) < 4.78 is 7.18. The van der Waals surface area contributed by atoms with Crippen molar-refractivity contribution in [3.63, 3.8) is 0 Å². The highest BCUT2D eigenvalue weighted by atomic mass is 35.5. The molecule has 84 valence electrons. The molecule has 4 nitrogen and oxygen atoms in total. The van der Waals surface area contributed by atoms with Crippen LogP contribution in [0.25, 0.3) is 0 Å². The second-order valence-corrected chi connectivity index (χ2v) is 4.53. The van der Waals surface area contributed by atoms with Crippen LogP contribution < -0.4 is 0 Å². The summed E-state index contributed by atoms with van der Waals surface area (Å²) in [6, 6.07) is 0. The number of hydrogen-bond donors (Lipinski definition) is 0. The maximum atomic E-state index is 6.08. The van der Waals surface area contributed by atoms with E-state index >= 15 is 0 Å². The number of likely N-dealkylation sites (N-methyl/N-ethyl adjacent to an activating group) is 1. The maximum absolute atomic E-state index is 6.08. The van der Waals surface area contributed by atoms with E-state index in [1.807, 2.05) is 4.68 Å². The zero-order chi connectivity index (χ0) is 10.8. The van der Waals surface area contributed by atoms with Crippen molar-refractivity contribution in [1.29, 1.82) is 0 Å². The summed E-state index contributed by atoms with van der Waals surface area (Å²) in [6.45, 7) is 2.70. The van der Waals surface area contributed by atoms with Gasteiger partial charge in [0.1, 0.15) is 0 Å². The molecule has 1 unspecified atom stereocenters. The number of halogens is 1. The SMILES string of the molecule is CN(C)CCn1ncc(Cl)c1CC1CO1. The van der Waals surface area contributed by atoms with Crippen molar-refractivity contribution >= 4 is 11.6 Å². The third-order valence-electron chi connectivity index (χ3n) is 2.48. The van der Waals surface area contributed by atoms with E-state index in [1.54, 1.807) is 6.20 Å². The van der Waals surface area contributed by atoms with Gasteiger partial charge in [-0.2, -0.15) is 5.10 Å². The number of hydrogen-bond acceptors (Lipinski definition) is 3. The number of ether oxygens (including phenoxy) is 1. The van der Waals surface area contributed by atoms with Crippen molar-refractivity contribution in [2.24, 2.45) is 0 Å². The molecule has 1 aromatic rings. The molecule has 1 fully saturated rings.